The Morgan fingerprint density at radius 1 is 1.28 bits per heavy atom. The second kappa shape index (κ2) is 6.55. The summed E-state index contributed by atoms with van der Waals surface area (Å²) in [5, 5.41) is 10.5. The summed E-state index contributed by atoms with van der Waals surface area (Å²) >= 11 is 5.68. The molecule has 1 aromatic heterocycles. The van der Waals surface area contributed by atoms with Crippen molar-refractivity contribution in [1.82, 2.24) is 9.97 Å². The van der Waals surface area contributed by atoms with E-state index in [0.29, 0.717) is 0 Å². The highest BCUT2D eigenvalue weighted by molar-refractivity contribution is 6.31. The predicted molar refractivity (Wildman–Crippen MR) is 65.1 cm³/mol. The fourth-order valence-corrected chi connectivity index (χ4v) is 1.20. The van der Waals surface area contributed by atoms with Crippen molar-refractivity contribution in [3.05, 3.63) is 40.6 Å². The topological polar surface area (TPSA) is 87.4 Å². The van der Waals surface area contributed by atoms with Crippen LogP contribution in [0.4, 0.5) is 5.69 Å². The zero-order valence-corrected chi connectivity index (χ0v) is 10.1. The summed E-state index contributed by atoms with van der Waals surface area (Å²) in [7, 11) is 0. The van der Waals surface area contributed by atoms with E-state index in [9.17, 15) is 10.1 Å². The van der Waals surface area contributed by atoms with Gasteiger partial charge in [-0.1, -0.05) is 36.9 Å². The fourth-order valence-electron chi connectivity index (χ4n) is 0.980. The summed E-state index contributed by atoms with van der Waals surface area (Å²) in [6.45, 7) is 7.08. The Morgan fingerprint density at radius 3 is 2.44 bits per heavy atom. The lowest BCUT2D eigenvalue weighted by atomic mass is 10.5. The van der Waals surface area contributed by atoms with Crippen LogP contribution in [0.2, 0.25) is 5.15 Å². The number of nitro groups is 1. The first-order valence-corrected chi connectivity index (χ1v) is 5.17. The molecule has 0 atom stereocenters. The molecule has 96 valence electrons. The van der Waals surface area contributed by atoms with Crippen molar-refractivity contribution in [3.63, 3.8) is 0 Å². The number of hydrogen-bond donors (Lipinski definition) is 0. The van der Waals surface area contributed by atoms with Crippen LogP contribution in [-0.4, -0.2) is 28.1 Å². The van der Waals surface area contributed by atoms with Crippen LogP contribution in [0.5, 0.6) is 11.9 Å². The average Bonchev–Trinajstić information content (AvgIpc) is 2.32. The summed E-state index contributed by atoms with van der Waals surface area (Å²) < 4.78 is 10.1. The smallest absolute Gasteiger partial charge is 0.368 e. The van der Waals surface area contributed by atoms with Crippen molar-refractivity contribution >= 4 is 17.3 Å². The van der Waals surface area contributed by atoms with Gasteiger partial charge in [-0.2, -0.15) is 9.97 Å². The van der Waals surface area contributed by atoms with Crippen LogP contribution in [-0.2, 0) is 0 Å². The summed E-state index contributed by atoms with van der Waals surface area (Å²) in [5.74, 6) is -0.265. The van der Waals surface area contributed by atoms with Gasteiger partial charge in [0.25, 0.3) is 0 Å². The van der Waals surface area contributed by atoms with E-state index in [0.717, 1.165) is 0 Å². The SMILES string of the molecule is C=CCOc1nc(Cl)c([N+](=O)[O-])c(OCC=C)n1. The second-order valence-corrected chi connectivity index (χ2v) is 3.27. The van der Waals surface area contributed by atoms with E-state index in [1.165, 1.54) is 12.2 Å². The van der Waals surface area contributed by atoms with Crippen molar-refractivity contribution in [3.8, 4) is 11.9 Å². The Bertz CT molecular complexity index is 478. The standard InChI is InChI=1S/C10H10ClN3O4/c1-3-5-17-9-7(14(15)16)8(11)12-10(13-9)18-6-4-2/h3-4H,1-2,5-6H2. The molecule has 0 aliphatic carbocycles. The van der Waals surface area contributed by atoms with Gasteiger partial charge in [0, 0.05) is 0 Å². The van der Waals surface area contributed by atoms with Gasteiger partial charge in [0.15, 0.2) is 0 Å². The molecule has 0 spiro atoms. The van der Waals surface area contributed by atoms with Crippen LogP contribution in [0.1, 0.15) is 0 Å². The molecule has 8 heteroatoms. The number of hydrogen-bond acceptors (Lipinski definition) is 6. The maximum atomic E-state index is 10.8. The third kappa shape index (κ3) is 3.42. The van der Waals surface area contributed by atoms with Crippen molar-refractivity contribution < 1.29 is 14.4 Å². The number of ether oxygens (including phenoxy) is 2. The van der Waals surface area contributed by atoms with Gasteiger partial charge in [-0.05, 0) is 0 Å². The van der Waals surface area contributed by atoms with Crippen molar-refractivity contribution in [1.29, 1.82) is 0 Å². The van der Waals surface area contributed by atoms with Gasteiger partial charge in [-0.25, -0.2) is 0 Å². The van der Waals surface area contributed by atoms with Crippen molar-refractivity contribution in [2.24, 2.45) is 0 Å². The van der Waals surface area contributed by atoms with E-state index in [4.69, 9.17) is 21.1 Å². The van der Waals surface area contributed by atoms with Crippen LogP contribution in [0.15, 0.2) is 25.3 Å². The molecule has 0 amide bonds. The second-order valence-electron chi connectivity index (χ2n) is 2.91. The molecular weight excluding hydrogens is 262 g/mol. The van der Waals surface area contributed by atoms with Crippen LogP contribution >= 0.6 is 11.6 Å². The molecular formula is C10H10ClN3O4. The Hall–Kier alpha value is -2.15. The van der Waals surface area contributed by atoms with Gasteiger partial charge in [0.1, 0.15) is 13.2 Å². The average molecular weight is 272 g/mol. The number of aromatic nitrogens is 2. The highest BCUT2D eigenvalue weighted by Crippen LogP contribution is 2.33. The van der Waals surface area contributed by atoms with E-state index in [-0.39, 0.29) is 30.3 Å². The zero-order valence-electron chi connectivity index (χ0n) is 9.34. The molecule has 0 radical (unpaired) electrons. The molecule has 0 aliphatic rings. The lowest BCUT2D eigenvalue weighted by Gasteiger charge is -2.06. The molecule has 0 saturated carbocycles. The van der Waals surface area contributed by atoms with Crippen LogP contribution in [0, 0.1) is 10.1 Å². The summed E-state index contributed by atoms with van der Waals surface area (Å²) in [4.78, 5) is 17.5. The summed E-state index contributed by atoms with van der Waals surface area (Å²) in [5.41, 5.74) is -0.510. The van der Waals surface area contributed by atoms with E-state index < -0.39 is 10.6 Å². The quantitative estimate of drug-likeness (QED) is 0.327. The van der Waals surface area contributed by atoms with Crippen molar-refractivity contribution in [2.75, 3.05) is 13.2 Å². The largest absolute Gasteiger partial charge is 0.468 e. The van der Waals surface area contributed by atoms with Gasteiger partial charge in [0.2, 0.25) is 5.15 Å². The third-order valence-corrected chi connectivity index (χ3v) is 1.90. The first-order chi connectivity index (χ1) is 8.60. The summed E-state index contributed by atoms with van der Waals surface area (Å²) in [6.07, 6.45) is 2.90. The predicted octanol–water partition coefficient (Wildman–Crippen LogP) is 2.17. The normalized spacial score (nSPS) is 9.61. The minimum absolute atomic E-state index is 0.0507. The highest BCUT2D eigenvalue weighted by Gasteiger charge is 2.25. The van der Waals surface area contributed by atoms with Crippen molar-refractivity contribution in [2.45, 2.75) is 0 Å². The Labute approximate surface area is 108 Å². The molecule has 1 heterocycles. The lowest BCUT2D eigenvalue weighted by molar-refractivity contribution is -0.386. The first-order valence-electron chi connectivity index (χ1n) is 4.79. The molecule has 1 rings (SSSR count). The number of rotatable bonds is 7. The molecule has 0 aliphatic heterocycles. The van der Waals surface area contributed by atoms with Gasteiger partial charge in [-0.15, -0.1) is 0 Å². The molecule has 7 nitrogen and oxygen atoms in total. The highest BCUT2D eigenvalue weighted by atomic mass is 35.5. The maximum absolute atomic E-state index is 10.8. The lowest BCUT2D eigenvalue weighted by Crippen LogP contribution is -2.06. The molecule has 0 fully saturated rings. The number of halogens is 1. The zero-order chi connectivity index (χ0) is 13.5. The minimum Gasteiger partial charge on any atom is -0.468 e. The van der Waals surface area contributed by atoms with Gasteiger partial charge >= 0.3 is 17.6 Å². The van der Waals surface area contributed by atoms with E-state index in [1.54, 1.807) is 0 Å². The van der Waals surface area contributed by atoms with Crippen LogP contribution in [0.3, 0.4) is 0 Å². The molecule has 0 bridgehead atoms. The van der Waals surface area contributed by atoms with Crippen LogP contribution < -0.4 is 9.47 Å². The molecule has 0 saturated heterocycles. The van der Waals surface area contributed by atoms with Crippen LogP contribution in [0.25, 0.3) is 0 Å². The first kappa shape index (κ1) is 13.9. The molecule has 0 unspecified atom stereocenters. The maximum Gasteiger partial charge on any atom is 0.368 e. The molecule has 0 N–H and O–H groups in total. The third-order valence-electron chi connectivity index (χ3n) is 1.64. The van der Waals surface area contributed by atoms with Gasteiger partial charge in [-0.3, -0.25) is 10.1 Å². The number of nitrogens with zero attached hydrogens (tertiary/aromatic N) is 3. The minimum atomic E-state index is -0.724. The summed E-state index contributed by atoms with van der Waals surface area (Å²) in [6, 6.07) is -0.121. The van der Waals surface area contributed by atoms with E-state index in [2.05, 4.69) is 23.1 Å². The van der Waals surface area contributed by atoms with Gasteiger partial charge < -0.3 is 9.47 Å². The monoisotopic (exact) mass is 271 g/mol. The Morgan fingerprint density at radius 2 is 1.89 bits per heavy atom. The Balaban J connectivity index is 3.13. The van der Waals surface area contributed by atoms with E-state index >= 15 is 0 Å². The van der Waals surface area contributed by atoms with E-state index in [1.807, 2.05) is 0 Å². The fraction of sp³-hybridized carbons (Fsp3) is 0.200. The van der Waals surface area contributed by atoms with Gasteiger partial charge in [0.05, 0.1) is 4.92 Å². The molecule has 1 aromatic rings. The molecule has 18 heavy (non-hydrogen) atoms. The Kier molecular flexibility index (Phi) is 5.06. The molecule has 0 aromatic carbocycles.